The number of para-hydroxylation sites is 1. The van der Waals surface area contributed by atoms with Crippen LogP contribution in [-0.2, 0) is 0 Å². The van der Waals surface area contributed by atoms with E-state index < -0.39 is 11.0 Å². The molecule has 0 bridgehead atoms. The number of hydrogen-bond acceptors (Lipinski definition) is 4. The molecule has 21 heavy (non-hydrogen) atoms. The van der Waals surface area contributed by atoms with E-state index in [4.69, 9.17) is 4.74 Å². The molecule has 1 atom stereocenters. The van der Waals surface area contributed by atoms with Crippen molar-refractivity contribution < 1.29 is 14.5 Å². The number of hydrogen-bond donors (Lipinski definition) is 0. The molecule has 0 N–H and O–H groups in total. The van der Waals surface area contributed by atoms with Crippen LogP contribution in [0.15, 0.2) is 53.0 Å². The molecule has 0 saturated heterocycles. The van der Waals surface area contributed by atoms with E-state index in [0.29, 0.717) is 10.0 Å². The van der Waals surface area contributed by atoms with Gasteiger partial charge in [0.1, 0.15) is 0 Å². The summed E-state index contributed by atoms with van der Waals surface area (Å²) in [5.41, 5.74) is 0.316. The van der Waals surface area contributed by atoms with E-state index in [-0.39, 0.29) is 17.2 Å². The Morgan fingerprint density at radius 3 is 2.48 bits per heavy atom. The van der Waals surface area contributed by atoms with E-state index in [0.717, 1.165) is 0 Å². The highest BCUT2D eigenvalue weighted by atomic mass is 79.9. The minimum atomic E-state index is -0.829. The average molecular weight is 350 g/mol. The number of nitro benzene ring substituents is 1. The number of nitro groups is 1. The maximum atomic E-state index is 12.2. The molecule has 2 aromatic rings. The summed E-state index contributed by atoms with van der Waals surface area (Å²) in [7, 11) is 0. The lowest BCUT2D eigenvalue weighted by Crippen LogP contribution is -2.24. The van der Waals surface area contributed by atoms with Crippen molar-refractivity contribution in [3.63, 3.8) is 0 Å². The zero-order valence-electron chi connectivity index (χ0n) is 11.2. The highest BCUT2D eigenvalue weighted by Crippen LogP contribution is 2.35. The van der Waals surface area contributed by atoms with E-state index in [1.54, 1.807) is 49.4 Å². The Morgan fingerprint density at radius 2 is 1.86 bits per heavy atom. The number of nitrogens with zero attached hydrogens (tertiary/aromatic N) is 1. The van der Waals surface area contributed by atoms with Gasteiger partial charge in [-0.3, -0.25) is 14.9 Å². The van der Waals surface area contributed by atoms with Gasteiger partial charge in [0, 0.05) is 11.6 Å². The van der Waals surface area contributed by atoms with Gasteiger partial charge in [-0.15, -0.1) is 0 Å². The lowest BCUT2D eigenvalue weighted by Gasteiger charge is -2.14. The molecule has 0 saturated carbocycles. The van der Waals surface area contributed by atoms with Crippen LogP contribution in [0.2, 0.25) is 0 Å². The summed E-state index contributed by atoms with van der Waals surface area (Å²) in [5.74, 6) is -0.181. The maximum Gasteiger partial charge on any atom is 0.312 e. The van der Waals surface area contributed by atoms with Crippen molar-refractivity contribution in [2.45, 2.75) is 13.0 Å². The van der Waals surface area contributed by atoms with Crippen molar-refractivity contribution in [2.75, 3.05) is 0 Å². The summed E-state index contributed by atoms with van der Waals surface area (Å²) in [5, 5.41) is 11.0. The van der Waals surface area contributed by atoms with Gasteiger partial charge in [-0.05, 0) is 28.9 Å². The third kappa shape index (κ3) is 3.46. The number of halogens is 1. The summed E-state index contributed by atoms with van der Waals surface area (Å²) in [6.07, 6.45) is -0.829. The summed E-state index contributed by atoms with van der Waals surface area (Å²) in [6, 6.07) is 13.2. The number of rotatable bonds is 5. The molecule has 2 rings (SSSR count). The highest BCUT2D eigenvalue weighted by Gasteiger charge is 2.23. The molecule has 0 radical (unpaired) electrons. The Hall–Kier alpha value is -2.21. The number of benzene rings is 2. The molecule has 0 spiro atoms. The number of ether oxygens (including phenoxy) is 1. The molecule has 0 aliphatic carbocycles. The molecule has 5 nitrogen and oxygen atoms in total. The van der Waals surface area contributed by atoms with Crippen molar-refractivity contribution in [3.8, 4) is 5.75 Å². The van der Waals surface area contributed by atoms with Crippen molar-refractivity contribution in [1.29, 1.82) is 0 Å². The minimum Gasteiger partial charge on any atom is -0.475 e. The third-order valence-electron chi connectivity index (χ3n) is 2.87. The Kier molecular flexibility index (Phi) is 4.70. The molecule has 0 aliphatic rings. The first-order valence-electron chi connectivity index (χ1n) is 6.19. The first-order chi connectivity index (χ1) is 10.0. The maximum absolute atomic E-state index is 12.2. The molecule has 0 fully saturated rings. The van der Waals surface area contributed by atoms with E-state index in [9.17, 15) is 14.9 Å². The molecule has 2 aromatic carbocycles. The summed E-state index contributed by atoms with van der Waals surface area (Å²) >= 11 is 3.21. The Morgan fingerprint density at radius 1 is 1.19 bits per heavy atom. The fraction of sp³-hybridized carbons (Fsp3) is 0.133. The van der Waals surface area contributed by atoms with E-state index in [1.165, 1.54) is 6.07 Å². The van der Waals surface area contributed by atoms with Crippen molar-refractivity contribution in [1.82, 2.24) is 0 Å². The molecule has 108 valence electrons. The second kappa shape index (κ2) is 6.49. The molecular weight excluding hydrogens is 338 g/mol. The zero-order valence-corrected chi connectivity index (χ0v) is 12.7. The van der Waals surface area contributed by atoms with Crippen LogP contribution in [0.4, 0.5) is 5.69 Å². The fourth-order valence-electron chi connectivity index (χ4n) is 1.83. The van der Waals surface area contributed by atoms with Gasteiger partial charge < -0.3 is 4.74 Å². The summed E-state index contributed by atoms with van der Waals surface area (Å²) in [4.78, 5) is 22.7. The fourth-order valence-corrected chi connectivity index (χ4v) is 2.27. The van der Waals surface area contributed by atoms with Crippen LogP contribution in [-0.4, -0.2) is 16.8 Å². The van der Waals surface area contributed by atoms with Gasteiger partial charge in [0.05, 0.1) is 9.40 Å². The van der Waals surface area contributed by atoms with Gasteiger partial charge in [-0.1, -0.05) is 36.4 Å². The van der Waals surface area contributed by atoms with E-state index in [1.807, 2.05) is 0 Å². The van der Waals surface area contributed by atoms with Gasteiger partial charge in [0.15, 0.2) is 6.10 Å². The first-order valence-corrected chi connectivity index (χ1v) is 6.99. The van der Waals surface area contributed by atoms with E-state index >= 15 is 0 Å². The normalized spacial score (nSPS) is 11.7. The number of carbonyl (C=O) groups excluding carboxylic acids is 1. The Bertz CT molecular complexity index is 673. The third-order valence-corrected chi connectivity index (χ3v) is 3.49. The van der Waals surface area contributed by atoms with Crippen molar-refractivity contribution >= 4 is 27.4 Å². The molecule has 0 aromatic heterocycles. The van der Waals surface area contributed by atoms with Gasteiger partial charge in [0.25, 0.3) is 0 Å². The predicted octanol–water partition coefficient (Wildman–Crippen LogP) is 4.01. The summed E-state index contributed by atoms with van der Waals surface area (Å²) in [6.45, 7) is 1.57. The number of Topliss-reactive ketones (excluding diaryl/α,β-unsaturated/α-hetero) is 1. The number of carbonyl (C=O) groups is 1. The molecule has 0 aliphatic heterocycles. The zero-order chi connectivity index (χ0) is 15.4. The van der Waals surface area contributed by atoms with Gasteiger partial charge in [-0.2, -0.15) is 0 Å². The monoisotopic (exact) mass is 349 g/mol. The standard InChI is InChI=1S/C15H12BrNO4/c1-10(14(18)11-6-3-2-4-7-11)21-15-12(16)8-5-9-13(15)17(19)20/h2-10H,1H3. The van der Waals surface area contributed by atoms with Crippen LogP contribution in [0.5, 0.6) is 5.75 Å². The van der Waals surface area contributed by atoms with Gasteiger partial charge >= 0.3 is 5.69 Å². The first kappa shape index (κ1) is 15.2. The smallest absolute Gasteiger partial charge is 0.312 e. The van der Waals surface area contributed by atoms with Gasteiger partial charge in [-0.25, -0.2) is 0 Å². The Labute approximate surface area is 129 Å². The second-order valence-electron chi connectivity index (χ2n) is 4.34. The van der Waals surface area contributed by atoms with Crippen LogP contribution < -0.4 is 4.74 Å². The minimum absolute atomic E-state index is 0.0549. The van der Waals surface area contributed by atoms with Crippen LogP contribution in [0, 0.1) is 10.1 Å². The van der Waals surface area contributed by atoms with Crippen LogP contribution >= 0.6 is 15.9 Å². The lowest BCUT2D eigenvalue weighted by molar-refractivity contribution is -0.386. The lowest BCUT2D eigenvalue weighted by atomic mass is 10.1. The van der Waals surface area contributed by atoms with E-state index in [2.05, 4.69) is 15.9 Å². The molecule has 6 heteroatoms. The van der Waals surface area contributed by atoms with Crippen LogP contribution in [0.1, 0.15) is 17.3 Å². The SMILES string of the molecule is CC(Oc1c(Br)cccc1[N+](=O)[O-])C(=O)c1ccccc1. The summed E-state index contributed by atoms with van der Waals surface area (Å²) < 4.78 is 5.95. The highest BCUT2D eigenvalue weighted by molar-refractivity contribution is 9.10. The van der Waals surface area contributed by atoms with Crippen molar-refractivity contribution in [3.05, 3.63) is 68.7 Å². The largest absolute Gasteiger partial charge is 0.475 e. The second-order valence-corrected chi connectivity index (χ2v) is 5.19. The van der Waals surface area contributed by atoms with Crippen LogP contribution in [0.3, 0.4) is 0 Å². The molecule has 0 heterocycles. The van der Waals surface area contributed by atoms with Crippen LogP contribution in [0.25, 0.3) is 0 Å². The predicted molar refractivity (Wildman–Crippen MR) is 81.7 cm³/mol. The average Bonchev–Trinajstić information content (AvgIpc) is 2.49. The molecule has 0 amide bonds. The van der Waals surface area contributed by atoms with Crippen molar-refractivity contribution in [2.24, 2.45) is 0 Å². The topological polar surface area (TPSA) is 69.4 Å². The molecule has 1 unspecified atom stereocenters. The quantitative estimate of drug-likeness (QED) is 0.464. The van der Waals surface area contributed by atoms with Gasteiger partial charge in [0.2, 0.25) is 11.5 Å². The molecular formula is C15H12BrNO4. The number of ketones is 1. The Balaban J connectivity index is 2.26.